The molecule has 0 aromatic heterocycles. The van der Waals surface area contributed by atoms with Crippen molar-refractivity contribution in [1.29, 1.82) is 0 Å². The molecule has 0 radical (unpaired) electrons. The molecule has 0 saturated carbocycles. The first-order valence-electron chi connectivity index (χ1n) is 7.10. The molecule has 21 heavy (non-hydrogen) atoms. The van der Waals surface area contributed by atoms with Gasteiger partial charge in [0.2, 0.25) is 5.91 Å². The summed E-state index contributed by atoms with van der Waals surface area (Å²) >= 11 is 3.35. The Balaban J connectivity index is 2.48. The standard InChI is InChI=1S/C15H21BrN2O3/c1-3-5-6-7-14(19)17-18-15(20)11-8-9-13(21-4-2)12(16)10-11/h8-10H,3-7H2,1-2H3,(H,17,19)(H,18,20). The summed E-state index contributed by atoms with van der Waals surface area (Å²) in [7, 11) is 0. The van der Waals surface area contributed by atoms with E-state index in [2.05, 4.69) is 33.7 Å². The van der Waals surface area contributed by atoms with Crippen LogP contribution in [0.4, 0.5) is 0 Å². The largest absolute Gasteiger partial charge is 0.493 e. The predicted octanol–water partition coefficient (Wildman–Crippen LogP) is 3.19. The smallest absolute Gasteiger partial charge is 0.269 e. The highest BCUT2D eigenvalue weighted by molar-refractivity contribution is 9.10. The average Bonchev–Trinajstić information content (AvgIpc) is 2.47. The van der Waals surface area contributed by atoms with Crippen molar-refractivity contribution in [2.75, 3.05) is 6.61 Å². The topological polar surface area (TPSA) is 67.4 Å². The summed E-state index contributed by atoms with van der Waals surface area (Å²) in [5.41, 5.74) is 5.26. The van der Waals surface area contributed by atoms with Crippen LogP contribution >= 0.6 is 15.9 Å². The molecule has 116 valence electrons. The first kappa shape index (κ1) is 17.5. The first-order valence-corrected chi connectivity index (χ1v) is 7.89. The molecule has 0 atom stereocenters. The zero-order valence-electron chi connectivity index (χ0n) is 12.4. The molecule has 0 aliphatic heterocycles. The Morgan fingerprint density at radius 3 is 2.57 bits per heavy atom. The molecule has 0 spiro atoms. The maximum atomic E-state index is 11.9. The van der Waals surface area contributed by atoms with Gasteiger partial charge in [-0.15, -0.1) is 0 Å². The van der Waals surface area contributed by atoms with Gasteiger partial charge < -0.3 is 4.74 Å². The second-order valence-electron chi connectivity index (χ2n) is 4.54. The van der Waals surface area contributed by atoms with Crippen LogP contribution in [0.15, 0.2) is 22.7 Å². The Bertz CT molecular complexity index is 492. The molecule has 1 aromatic rings. The summed E-state index contributed by atoms with van der Waals surface area (Å²) in [6.45, 7) is 4.52. The number of benzene rings is 1. The van der Waals surface area contributed by atoms with Crippen molar-refractivity contribution in [2.45, 2.75) is 39.5 Å². The van der Waals surface area contributed by atoms with Crippen molar-refractivity contribution >= 4 is 27.7 Å². The third kappa shape index (κ3) is 6.16. The Hall–Kier alpha value is -1.56. The molecule has 0 aliphatic carbocycles. The molecule has 2 N–H and O–H groups in total. The lowest BCUT2D eigenvalue weighted by Crippen LogP contribution is -2.41. The summed E-state index contributed by atoms with van der Waals surface area (Å²) < 4.78 is 6.08. The van der Waals surface area contributed by atoms with Crippen LogP contribution in [0.3, 0.4) is 0 Å². The van der Waals surface area contributed by atoms with Crippen LogP contribution in [0, 0.1) is 0 Å². The van der Waals surface area contributed by atoms with E-state index in [0.717, 1.165) is 19.3 Å². The molecule has 0 unspecified atom stereocenters. The summed E-state index contributed by atoms with van der Waals surface area (Å²) in [6, 6.07) is 5.02. The van der Waals surface area contributed by atoms with Gasteiger partial charge in [0.15, 0.2) is 0 Å². The third-order valence-electron chi connectivity index (χ3n) is 2.82. The molecule has 0 saturated heterocycles. The van der Waals surface area contributed by atoms with Gasteiger partial charge >= 0.3 is 0 Å². The molecule has 1 rings (SSSR count). The molecule has 0 fully saturated rings. The predicted molar refractivity (Wildman–Crippen MR) is 85.1 cm³/mol. The van der Waals surface area contributed by atoms with E-state index in [4.69, 9.17) is 4.74 Å². The second kappa shape index (κ2) is 9.39. The minimum Gasteiger partial charge on any atom is -0.493 e. The van der Waals surface area contributed by atoms with Crippen molar-refractivity contribution in [3.63, 3.8) is 0 Å². The second-order valence-corrected chi connectivity index (χ2v) is 5.39. The highest BCUT2D eigenvalue weighted by Gasteiger charge is 2.10. The maximum Gasteiger partial charge on any atom is 0.269 e. The van der Waals surface area contributed by atoms with Crippen molar-refractivity contribution in [3.05, 3.63) is 28.2 Å². The van der Waals surface area contributed by atoms with Gasteiger partial charge in [0.25, 0.3) is 5.91 Å². The fraction of sp³-hybridized carbons (Fsp3) is 0.467. The molecular formula is C15H21BrN2O3. The van der Waals surface area contributed by atoms with Crippen LogP contribution in [0.1, 0.15) is 49.9 Å². The van der Waals surface area contributed by atoms with Crippen molar-refractivity contribution < 1.29 is 14.3 Å². The van der Waals surface area contributed by atoms with Crippen LogP contribution in [0.5, 0.6) is 5.75 Å². The van der Waals surface area contributed by atoms with Gasteiger partial charge in [-0.2, -0.15) is 0 Å². The minimum absolute atomic E-state index is 0.179. The number of hydrogen-bond acceptors (Lipinski definition) is 3. The highest BCUT2D eigenvalue weighted by Crippen LogP contribution is 2.25. The number of hydrogen-bond donors (Lipinski definition) is 2. The lowest BCUT2D eigenvalue weighted by molar-refractivity contribution is -0.121. The number of amides is 2. The van der Waals surface area contributed by atoms with Crippen molar-refractivity contribution in [1.82, 2.24) is 10.9 Å². The van der Waals surface area contributed by atoms with E-state index in [0.29, 0.717) is 28.8 Å². The molecule has 0 bridgehead atoms. The third-order valence-corrected chi connectivity index (χ3v) is 3.44. The number of hydrazine groups is 1. The van der Waals surface area contributed by atoms with E-state index < -0.39 is 0 Å². The zero-order valence-corrected chi connectivity index (χ0v) is 14.0. The quantitative estimate of drug-likeness (QED) is 0.582. The summed E-state index contributed by atoms with van der Waals surface area (Å²) in [5, 5.41) is 0. The van der Waals surface area contributed by atoms with E-state index >= 15 is 0 Å². The molecule has 0 aliphatic rings. The SMILES string of the molecule is CCCCCC(=O)NNC(=O)c1ccc(OCC)c(Br)c1. The fourth-order valence-corrected chi connectivity index (χ4v) is 2.20. The van der Waals surface area contributed by atoms with Gasteiger partial charge in [0.05, 0.1) is 11.1 Å². The monoisotopic (exact) mass is 356 g/mol. The molecular weight excluding hydrogens is 336 g/mol. The van der Waals surface area contributed by atoms with Crippen LogP contribution < -0.4 is 15.6 Å². The average molecular weight is 357 g/mol. The zero-order chi connectivity index (χ0) is 15.7. The number of nitrogens with one attached hydrogen (secondary N) is 2. The van der Waals surface area contributed by atoms with Crippen molar-refractivity contribution in [3.8, 4) is 5.75 Å². The van der Waals surface area contributed by atoms with Gasteiger partial charge in [-0.1, -0.05) is 19.8 Å². The Labute approximate surface area is 133 Å². The molecule has 5 nitrogen and oxygen atoms in total. The number of halogens is 1. The number of ether oxygens (including phenoxy) is 1. The van der Waals surface area contributed by atoms with Gasteiger partial charge in [-0.25, -0.2) is 0 Å². The summed E-state index contributed by atoms with van der Waals surface area (Å²) in [6.07, 6.45) is 3.31. The Kier molecular flexibility index (Phi) is 7.82. The number of rotatable bonds is 7. The van der Waals surface area contributed by atoms with E-state index in [1.807, 2.05) is 6.92 Å². The van der Waals surface area contributed by atoms with Gasteiger partial charge in [0.1, 0.15) is 5.75 Å². The van der Waals surface area contributed by atoms with E-state index in [9.17, 15) is 9.59 Å². The summed E-state index contributed by atoms with van der Waals surface area (Å²) in [4.78, 5) is 23.4. The Morgan fingerprint density at radius 1 is 1.19 bits per heavy atom. The van der Waals surface area contributed by atoms with E-state index in [-0.39, 0.29) is 11.8 Å². The maximum absolute atomic E-state index is 11.9. The summed E-state index contributed by atoms with van der Waals surface area (Å²) in [5.74, 6) is 0.141. The van der Waals surface area contributed by atoms with Crippen LogP contribution in [0.2, 0.25) is 0 Å². The number of unbranched alkanes of at least 4 members (excludes halogenated alkanes) is 2. The molecule has 2 amide bonds. The van der Waals surface area contributed by atoms with Gasteiger partial charge in [-0.05, 0) is 47.5 Å². The first-order chi connectivity index (χ1) is 10.1. The lowest BCUT2D eigenvalue weighted by atomic mass is 10.2. The van der Waals surface area contributed by atoms with Gasteiger partial charge in [0, 0.05) is 12.0 Å². The van der Waals surface area contributed by atoms with E-state index in [1.54, 1.807) is 18.2 Å². The minimum atomic E-state index is -0.359. The van der Waals surface area contributed by atoms with Gasteiger partial charge in [-0.3, -0.25) is 20.4 Å². The van der Waals surface area contributed by atoms with Crippen LogP contribution in [0.25, 0.3) is 0 Å². The van der Waals surface area contributed by atoms with Crippen molar-refractivity contribution in [2.24, 2.45) is 0 Å². The highest BCUT2D eigenvalue weighted by atomic mass is 79.9. The molecule has 1 aromatic carbocycles. The number of carbonyl (C=O) groups excluding carboxylic acids is 2. The fourth-order valence-electron chi connectivity index (χ4n) is 1.71. The lowest BCUT2D eigenvalue weighted by Gasteiger charge is -2.09. The number of carbonyl (C=O) groups is 2. The van der Waals surface area contributed by atoms with Crippen LogP contribution in [-0.2, 0) is 4.79 Å². The van der Waals surface area contributed by atoms with E-state index in [1.165, 1.54) is 0 Å². The van der Waals surface area contributed by atoms with Crippen LogP contribution in [-0.4, -0.2) is 18.4 Å². The molecule has 6 heteroatoms. The Morgan fingerprint density at radius 2 is 1.95 bits per heavy atom. The normalized spacial score (nSPS) is 10.0. The molecule has 0 heterocycles.